The molecule has 1 aliphatic rings. The maximum atomic E-state index is 13.3. The van der Waals surface area contributed by atoms with Gasteiger partial charge in [-0.15, -0.1) is 0 Å². The number of nitrogens with zero attached hydrogens (tertiary/aromatic N) is 1. The summed E-state index contributed by atoms with van der Waals surface area (Å²) in [4.78, 5) is 12.6. The van der Waals surface area contributed by atoms with Gasteiger partial charge in [0.15, 0.2) is 0 Å². The Hall–Kier alpha value is -2.58. The van der Waals surface area contributed by atoms with Crippen molar-refractivity contribution in [3.05, 3.63) is 48.0 Å². The van der Waals surface area contributed by atoms with Gasteiger partial charge in [-0.05, 0) is 62.2 Å². The lowest BCUT2D eigenvalue weighted by Gasteiger charge is -2.32. The van der Waals surface area contributed by atoms with Gasteiger partial charge >= 0.3 is 5.97 Å². The smallest absolute Gasteiger partial charge is 0.343 e. The van der Waals surface area contributed by atoms with Crippen LogP contribution in [0.5, 0.6) is 17.2 Å². The Labute approximate surface area is 171 Å². The molecule has 2 aromatic rings. The monoisotopic (exact) mass is 419 g/mol. The van der Waals surface area contributed by atoms with Crippen LogP contribution in [0, 0.1) is 0 Å². The third-order valence-corrected chi connectivity index (χ3v) is 7.03. The largest absolute Gasteiger partial charge is 0.497 e. The van der Waals surface area contributed by atoms with Crippen LogP contribution in [0.15, 0.2) is 47.4 Å². The number of sulfonamides is 1. The number of benzene rings is 2. The summed E-state index contributed by atoms with van der Waals surface area (Å²) in [5.74, 6) is 0.517. The van der Waals surface area contributed by atoms with Gasteiger partial charge in [-0.25, -0.2) is 13.2 Å². The van der Waals surface area contributed by atoms with Crippen molar-refractivity contribution in [2.75, 3.05) is 20.8 Å². The molecular formula is C21H25NO6S. The van der Waals surface area contributed by atoms with Crippen molar-refractivity contribution < 1.29 is 27.4 Å². The van der Waals surface area contributed by atoms with E-state index in [0.29, 0.717) is 18.0 Å². The Morgan fingerprint density at radius 3 is 2.31 bits per heavy atom. The summed E-state index contributed by atoms with van der Waals surface area (Å²) in [5, 5.41) is 0. The first-order valence-electron chi connectivity index (χ1n) is 9.43. The minimum absolute atomic E-state index is 0.0297. The summed E-state index contributed by atoms with van der Waals surface area (Å²) in [7, 11) is -0.857. The summed E-state index contributed by atoms with van der Waals surface area (Å²) in [6.07, 6.45) is 2.62. The average molecular weight is 419 g/mol. The number of rotatable bonds is 6. The summed E-state index contributed by atoms with van der Waals surface area (Å²) in [5.41, 5.74) is 0.129. The fraction of sp³-hybridized carbons (Fsp3) is 0.381. The molecular weight excluding hydrogens is 394 g/mol. The average Bonchev–Trinajstić information content (AvgIpc) is 2.74. The Morgan fingerprint density at radius 1 is 1.00 bits per heavy atom. The van der Waals surface area contributed by atoms with Crippen LogP contribution in [-0.2, 0) is 10.0 Å². The molecule has 0 bridgehead atoms. The Bertz CT molecular complexity index is 971. The normalized spacial score (nSPS) is 17.6. The summed E-state index contributed by atoms with van der Waals surface area (Å²) < 4.78 is 43.7. The maximum absolute atomic E-state index is 13.3. The van der Waals surface area contributed by atoms with Gasteiger partial charge in [-0.3, -0.25) is 0 Å². The third-order valence-electron chi connectivity index (χ3n) is 5.00. The number of ether oxygens (including phenoxy) is 3. The quantitative estimate of drug-likeness (QED) is 0.527. The first kappa shape index (κ1) is 21.1. The van der Waals surface area contributed by atoms with E-state index >= 15 is 0 Å². The predicted molar refractivity (Wildman–Crippen MR) is 108 cm³/mol. The van der Waals surface area contributed by atoms with Crippen molar-refractivity contribution in [1.82, 2.24) is 4.31 Å². The molecule has 0 N–H and O–H groups in total. The maximum Gasteiger partial charge on any atom is 0.343 e. The first-order valence-corrected chi connectivity index (χ1v) is 10.9. The highest BCUT2D eigenvalue weighted by Crippen LogP contribution is 2.32. The van der Waals surface area contributed by atoms with Gasteiger partial charge in [0.25, 0.3) is 0 Å². The van der Waals surface area contributed by atoms with Gasteiger partial charge in [0.1, 0.15) is 22.1 Å². The molecule has 0 saturated carbocycles. The zero-order chi connectivity index (χ0) is 21.0. The van der Waals surface area contributed by atoms with E-state index in [1.165, 1.54) is 29.6 Å². The number of hydrogen-bond acceptors (Lipinski definition) is 6. The van der Waals surface area contributed by atoms with Crippen molar-refractivity contribution in [2.45, 2.75) is 37.1 Å². The standard InChI is InChI=1S/C21H25NO6S/c1-15-6-4-5-13-22(15)29(24,25)20-14-16(7-12-19(20)27-3)21(23)28-18-10-8-17(26-2)9-11-18/h7-12,14-15H,4-6,13H2,1-3H3. The molecule has 1 heterocycles. The SMILES string of the molecule is COc1ccc(OC(=O)c2ccc(OC)c(S(=O)(=O)N3CCCCC3C)c2)cc1. The molecule has 1 fully saturated rings. The van der Waals surface area contributed by atoms with Gasteiger partial charge in [-0.2, -0.15) is 4.31 Å². The lowest BCUT2D eigenvalue weighted by Crippen LogP contribution is -2.42. The summed E-state index contributed by atoms with van der Waals surface area (Å²) >= 11 is 0. The topological polar surface area (TPSA) is 82.1 Å². The van der Waals surface area contributed by atoms with E-state index < -0.39 is 16.0 Å². The molecule has 3 rings (SSSR count). The Balaban J connectivity index is 1.90. The lowest BCUT2D eigenvalue weighted by molar-refractivity contribution is 0.0734. The second kappa shape index (κ2) is 8.84. The number of methoxy groups -OCH3 is 2. The van der Waals surface area contributed by atoms with E-state index in [-0.39, 0.29) is 22.3 Å². The van der Waals surface area contributed by atoms with Crippen LogP contribution in [-0.4, -0.2) is 45.5 Å². The predicted octanol–water partition coefficient (Wildman–Crippen LogP) is 3.49. The van der Waals surface area contributed by atoms with Crippen LogP contribution in [0.3, 0.4) is 0 Å². The molecule has 156 valence electrons. The number of carbonyl (C=O) groups excluding carboxylic acids is 1. The van der Waals surface area contributed by atoms with Crippen molar-refractivity contribution >= 4 is 16.0 Å². The molecule has 0 radical (unpaired) electrons. The molecule has 7 nitrogen and oxygen atoms in total. The number of piperidine rings is 1. The van der Waals surface area contributed by atoms with Crippen molar-refractivity contribution in [3.8, 4) is 17.2 Å². The van der Waals surface area contributed by atoms with E-state index in [9.17, 15) is 13.2 Å². The molecule has 29 heavy (non-hydrogen) atoms. The molecule has 1 atom stereocenters. The van der Waals surface area contributed by atoms with Crippen LogP contribution >= 0.6 is 0 Å². The van der Waals surface area contributed by atoms with E-state index in [2.05, 4.69) is 0 Å². The van der Waals surface area contributed by atoms with Crippen molar-refractivity contribution in [2.24, 2.45) is 0 Å². The molecule has 0 amide bonds. The van der Waals surface area contributed by atoms with Crippen LogP contribution in [0.25, 0.3) is 0 Å². The highest BCUT2D eigenvalue weighted by molar-refractivity contribution is 7.89. The van der Waals surface area contributed by atoms with Crippen molar-refractivity contribution in [1.29, 1.82) is 0 Å². The molecule has 2 aromatic carbocycles. The first-order chi connectivity index (χ1) is 13.9. The summed E-state index contributed by atoms with van der Waals surface area (Å²) in [6, 6.07) is 10.7. The molecule has 0 aliphatic carbocycles. The van der Waals surface area contributed by atoms with Gasteiger partial charge in [0.05, 0.1) is 19.8 Å². The van der Waals surface area contributed by atoms with Crippen LogP contribution in [0.4, 0.5) is 0 Å². The zero-order valence-electron chi connectivity index (χ0n) is 16.8. The molecule has 1 aliphatic heterocycles. The highest BCUT2D eigenvalue weighted by atomic mass is 32.2. The molecule has 0 spiro atoms. The van der Waals surface area contributed by atoms with Crippen LogP contribution in [0.2, 0.25) is 0 Å². The van der Waals surface area contributed by atoms with Crippen LogP contribution in [0.1, 0.15) is 36.5 Å². The second-order valence-corrected chi connectivity index (χ2v) is 8.75. The number of hydrogen-bond donors (Lipinski definition) is 0. The van der Waals surface area contributed by atoms with Crippen molar-refractivity contribution in [3.63, 3.8) is 0 Å². The highest BCUT2D eigenvalue weighted by Gasteiger charge is 2.33. The molecule has 1 saturated heterocycles. The molecule has 1 unspecified atom stereocenters. The van der Waals surface area contributed by atoms with E-state index in [1.54, 1.807) is 31.4 Å². The van der Waals surface area contributed by atoms with Gasteiger partial charge < -0.3 is 14.2 Å². The minimum Gasteiger partial charge on any atom is -0.497 e. The minimum atomic E-state index is -3.81. The fourth-order valence-corrected chi connectivity index (χ4v) is 5.25. The van der Waals surface area contributed by atoms with Crippen LogP contribution < -0.4 is 14.2 Å². The second-order valence-electron chi connectivity index (χ2n) is 6.89. The Morgan fingerprint density at radius 2 is 1.69 bits per heavy atom. The molecule has 8 heteroatoms. The number of carbonyl (C=O) groups is 1. The lowest BCUT2D eigenvalue weighted by atomic mass is 10.1. The number of esters is 1. The van der Waals surface area contributed by atoms with Gasteiger partial charge in [0, 0.05) is 12.6 Å². The van der Waals surface area contributed by atoms with Gasteiger partial charge in [-0.1, -0.05) is 6.42 Å². The fourth-order valence-electron chi connectivity index (χ4n) is 3.37. The zero-order valence-corrected chi connectivity index (χ0v) is 17.6. The van der Waals surface area contributed by atoms with E-state index in [1.807, 2.05) is 6.92 Å². The van der Waals surface area contributed by atoms with E-state index in [0.717, 1.165) is 19.3 Å². The molecule has 0 aromatic heterocycles. The van der Waals surface area contributed by atoms with E-state index in [4.69, 9.17) is 14.2 Å². The van der Waals surface area contributed by atoms with Gasteiger partial charge in [0.2, 0.25) is 10.0 Å². The third kappa shape index (κ3) is 4.54. The summed E-state index contributed by atoms with van der Waals surface area (Å²) in [6.45, 7) is 2.35. The Kier molecular flexibility index (Phi) is 6.44.